The summed E-state index contributed by atoms with van der Waals surface area (Å²) < 4.78 is 0. The predicted molar refractivity (Wildman–Crippen MR) is 114 cm³/mol. The number of fused-ring (bicyclic) bond motifs is 1. The van der Waals surface area contributed by atoms with Crippen molar-refractivity contribution in [3.05, 3.63) is 82.1 Å². The number of amides is 2. The Morgan fingerprint density at radius 2 is 1.73 bits per heavy atom. The molecular weight excluding hydrogens is 382 g/mol. The molecule has 4 rings (SSSR count). The molecule has 0 bridgehead atoms. The number of anilines is 3. The minimum atomic E-state index is -0.883. The van der Waals surface area contributed by atoms with Gasteiger partial charge in [-0.15, -0.1) is 0 Å². The van der Waals surface area contributed by atoms with E-state index in [1.165, 1.54) is 0 Å². The summed E-state index contributed by atoms with van der Waals surface area (Å²) in [5.41, 5.74) is 1.54. The number of hydrogen-bond acceptors (Lipinski definition) is 5. The lowest BCUT2D eigenvalue weighted by molar-refractivity contribution is -0.126. The number of rotatable bonds is 6. The molecule has 1 aromatic heterocycles. The topological polar surface area (TPSA) is 116 Å². The molecule has 0 unspecified atom stereocenters. The van der Waals surface area contributed by atoms with Crippen molar-refractivity contribution >= 4 is 29.3 Å². The number of carbonyl (C=O) groups is 2. The second kappa shape index (κ2) is 8.60. The van der Waals surface area contributed by atoms with Crippen molar-refractivity contribution < 1.29 is 9.59 Å². The Hall–Kier alpha value is -3.94. The molecule has 0 aliphatic carbocycles. The van der Waals surface area contributed by atoms with Crippen molar-refractivity contribution in [3.8, 4) is 0 Å². The van der Waals surface area contributed by atoms with Crippen LogP contribution in [0.15, 0.2) is 65.5 Å². The number of nitrogens with zero attached hydrogens (tertiary/aromatic N) is 1. The van der Waals surface area contributed by atoms with E-state index in [0.717, 1.165) is 11.3 Å². The van der Waals surface area contributed by atoms with Crippen LogP contribution in [-0.4, -0.2) is 28.3 Å². The van der Waals surface area contributed by atoms with E-state index in [1.807, 2.05) is 60.7 Å². The first-order valence-corrected chi connectivity index (χ1v) is 9.68. The van der Waals surface area contributed by atoms with E-state index in [4.69, 9.17) is 0 Å². The van der Waals surface area contributed by atoms with E-state index >= 15 is 0 Å². The molecule has 1 atom stereocenters. The molecule has 2 amide bonds. The highest BCUT2D eigenvalue weighted by Crippen LogP contribution is 2.29. The van der Waals surface area contributed by atoms with Crippen LogP contribution in [0.2, 0.25) is 0 Å². The van der Waals surface area contributed by atoms with Crippen LogP contribution in [0, 0.1) is 0 Å². The van der Waals surface area contributed by atoms with Crippen molar-refractivity contribution in [2.45, 2.75) is 18.8 Å². The van der Waals surface area contributed by atoms with Gasteiger partial charge in [-0.1, -0.05) is 48.5 Å². The Bertz CT molecular complexity index is 1110. The highest BCUT2D eigenvalue weighted by Gasteiger charge is 2.34. The third kappa shape index (κ3) is 4.38. The van der Waals surface area contributed by atoms with Gasteiger partial charge in [-0.2, -0.15) is 4.98 Å². The predicted octanol–water partition coefficient (Wildman–Crippen LogP) is 2.30. The first-order chi connectivity index (χ1) is 14.6. The van der Waals surface area contributed by atoms with E-state index in [0.29, 0.717) is 13.0 Å². The molecule has 2 aromatic carbocycles. The molecular formula is C22H21N5O3. The normalized spacial score (nSPS) is 15.1. The van der Waals surface area contributed by atoms with Gasteiger partial charge >= 0.3 is 0 Å². The van der Waals surface area contributed by atoms with Crippen LogP contribution in [0.25, 0.3) is 0 Å². The summed E-state index contributed by atoms with van der Waals surface area (Å²) in [5, 5.41) is 8.42. The average Bonchev–Trinajstić information content (AvgIpc) is 2.74. The quantitative estimate of drug-likeness (QED) is 0.504. The van der Waals surface area contributed by atoms with Crippen LogP contribution in [-0.2, 0) is 16.0 Å². The van der Waals surface area contributed by atoms with Gasteiger partial charge in [-0.05, 0) is 24.1 Å². The van der Waals surface area contributed by atoms with E-state index in [-0.39, 0.29) is 35.6 Å². The lowest BCUT2D eigenvalue weighted by atomic mass is 9.92. The van der Waals surface area contributed by atoms with Crippen LogP contribution < -0.4 is 21.5 Å². The number of benzene rings is 2. The maximum absolute atomic E-state index is 12.7. The summed E-state index contributed by atoms with van der Waals surface area (Å²) >= 11 is 0. The summed E-state index contributed by atoms with van der Waals surface area (Å²) in [6.07, 6.45) is 0.563. The largest absolute Gasteiger partial charge is 0.355 e. The molecule has 0 fully saturated rings. The van der Waals surface area contributed by atoms with Crippen molar-refractivity contribution in [3.63, 3.8) is 0 Å². The fraction of sp³-hybridized carbons (Fsp3) is 0.182. The Morgan fingerprint density at radius 3 is 2.47 bits per heavy atom. The highest BCUT2D eigenvalue weighted by atomic mass is 16.2. The molecule has 1 aliphatic rings. The first-order valence-electron chi connectivity index (χ1n) is 9.68. The summed E-state index contributed by atoms with van der Waals surface area (Å²) in [6.45, 7) is 0.412. The zero-order valence-corrected chi connectivity index (χ0v) is 16.1. The average molecular weight is 403 g/mol. The molecule has 4 N–H and O–H groups in total. The van der Waals surface area contributed by atoms with E-state index in [1.54, 1.807) is 0 Å². The molecule has 0 saturated heterocycles. The molecule has 8 heteroatoms. The summed E-state index contributed by atoms with van der Waals surface area (Å²) in [6, 6.07) is 19.0. The lowest BCUT2D eigenvalue weighted by Crippen LogP contribution is -2.39. The van der Waals surface area contributed by atoms with E-state index < -0.39 is 11.5 Å². The molecule has 2 heterocycles. The van der Waals surface area contributed by atoms with E-state index in [9.17, 15) is 14.4 Å². The standard InChI is InChI=1S/C22H21N5O3/c28-17-13-16(20(29)23-12-11-14-7-3-1-4-8-14)18-19(25-17)26-22(27-21(18)30)24-15-9-5-2-6-10-15/h1-10,16H,11-13H2,(H,23,29)(H3,24,25,26,27,28,30)/t16-/m1/s1. The van der Waals surface area contributed by atoms with Crippen molar-refractivity contribution in [2.75, 3.05) is 17.2 Å². The summed E-state index contributed by atoms with van der Waals surface area (Å²) in [4.78, 5) is 44.6. The molecule has 30 heavy (non-hydrogen) atoms. The number of aromatic nitrogens is 2. The Kier molecular flexibility index (Phi) is 5.56. The lowest BCUT2D eigenvalue weighted by Gasteiger charge is -2.23. The highest BCUT2D eigenvalue weighted by molar-refractivity contribution is 6.00. The molecule has 1 aliphatic heterocycles. The van der Waals surface area contributed by atoms with Gasteiger partial charge in [0.2, 0.25) is 17.8 Å². The zero-order valence-electron chi connectivity index (χ0n) is 16.1. The monoisotopic (exact) mass is 403 g/mol. The number of aromatic amines is 1. The fourth-order valence-corrected chi connectivity index (χ4v) is 3.41. The number of hydrogen-bond donors (Lipinski definition) is 4. The van der Waals surface area contributed by atoms with Gasteiger partial charge in [0, 0.05) is 18.7 Å². The van der Waals surface area contributed by atoms with Crippen molar-refractivity contribution in [1.82, 2.24) is 15.3 Å². The van der Waals surface area contributed by atoms with E-state index in [2.05, 4.69) is 25.9 Å². The van der Waals surface area contributed by atoms with Gasteiger partial charge in [0.15, 0.2) is 0 Å². The Morgan fingerprint density at radius 1 is 1.03 bits per heavy atom. The maximum Gasteiger partial charge on any atom is 0.258 e. The summed E-state index contributed by atoms with van der Waals surface area (Å²) in [5.74, 6) is -1.30. The van der Waals surface area contributed by atoms with Crippen LogP contribution >= 0.6 is 0 Å². The molecule has 0 spiro atoms. The van der Waals surface area contributed by atoms with Crippen molar-refractivity contribution in [1.29, 1.82) is 0 Å². The smallest absolute Gasteiger partial charge is 0.258 e. The maximum atomic E-state index is 12.7. The van der Waals surface area contributed by atoms with Gasteiger partial charge in [-0.3, -0.25) is 19.4 Å². The summed E-state index contributed by atoms with van der Waals surface area (Å²) in [7, 11) is 0. The fourth-order valence-electron chi connectivity index (χ4n) is 3.41. The van der Waals surface area contributed by atoms with Gasteiger partial charge in [0.25, 0.3) is 5.56 Å². The number of H-pyrrole nitrogens is 1. The number of nitrogens with one attached hydrogen (secondary N) is 4. The van der Waals surface area contributed by atoms with Crippen LogP contribution in [0.5, 0.6) is 0 Å². The number of para-hydroxylation sites is 1. The SMILES string of the molecule is O=C1C[C@@H](C(=O)NCCc2ccccc2)c2c(nc(Nc3ccccc3)[nH]c2=O)N1. The van der Waals surface area contributed by atoms with Crippen LogP contribution in [0.3, 0.4) is 0 Å². The van der Waals surface area contributed by atoms with Gasteiger partial charge in [-0.25, -0.2) is 0 Å². The number of carbonyl (C=O) groups excluding carboxylic acids is 2. The Labute approximate surface area is 172 Å². The second-order valence-electron chi connectivity index (χ2n) is 7.00. The molecule has 8 nitrogen and oxygen atoms in total. The van der Waals surface area contributed by atoms with Gasteiger partial charge in [0.1, 0.15) is 5.82 Å². The third-order valence-corrected chi connectivity index (χ3v) is 4.86. The minimum Gasteiger partial charge on any atom is -0.355 e. The van der Waals surface area contributed by atoms with Gasteiger partial charge < -0.3 is 16.0 Å². The molecule has 152 valence electrons. The Balaban J connectivity index is 1.51. The van der Waals surface area contributed by atoms with Crippen LogP contribution in [0.4, 0.5) is 17.5 Å². The van der Waals surface area contributed by atoms with Gasteiger partial charge in [0.05, 0.1) is 11.5 Å². The minimum absolute atomic E-state index is 0.0968. The molecule has 0 saturated carbocycles. The second-order valence-corrected chi connectivity index (χ2v) is 7.00. The first kappa shape index (κ1) is 19.4. The zero-order chi connectivity index (χ0) is 20.9. The van der Waals surface area contributed by atoms with Crippen molar-refractivity contribution in [2.24, 2.45) is 0 Å². The molecule has 3 aromatic rings. The molecule has 0 radical (unpaired) electrons. The van der Waals surface area contributed by atoms with Crippen LogP contribution in [0.1, 0.15) is 23.5 Å². The third-order valence-electron chi connectivity index (χ3n) is 4.86.